The van der Waals surface area contributed by atoms with Crippen LogP contribution in [-0.4, -0.2) is 17.7 Å². The number of non-ortho nitro benzene ring substituents is 1. The Morgan fingerprint density at radius 3 is 2.29 bits per heavy atom. The Balaban J connectivity index is 2.81. The lowest BCUT2D eigenvalue weighted by Gasteiger charge is -2.15. The van der Waals surface area contributed by atoms with Crippen LogP contribution in [0.4, 0.5) is 5.69 Å². The van der Waals surface area contributed by atoms with Gasteiger partial charge < -0.3 is 4.52 Å². The highest BCUT2D eigenvalue weighted by Gasteiger charge is 2.20. The van der Waals surface area contributed by atoms with Crippen molar-refractivity contribution in [2.24, 2.45) is 0 Å². The highest BCUT2D eigenvalue weighted by Crippen LogP contribution is 2.49. The van der Waals surface area contributed by atoms with E-state index in [1.807, 2.05) is 6.92 Å². The lowest BCUT2D eigenvalue weighted by Crippen LogP contribution is -1.97. The Morgan fingerprint density at radius 1 is 1.29 bits per heavy atom. The van der Waals surface area contributed by atoms with Gasteiger partial charge in [-0.2, -0.15) is 0 Å². The van der Waals surface area contributed by atoms with Gasteiger partial charge in [-0.25, -0.2) is 0 Å². The van der Waals surface area contributed by atoms with E-state index in [1.54, 1.807) is 19.1 Å². The van der Waals surface area contributed by atoms with E-state index in [0.717, 1.165) is 5.56 Å². The van der Waals surface area contributed by atoms with Gasteiger partial charge in [0.05, 0.1) is 11.5 Å². The number of nitrogens with zero attached hydrogens (tertiary/aromatic N) is 1. The summed E-state index contributed by atoms with van der Waals surface area (Å²) in [6, 6.07) is 6.08. The predicted molar refractivity (Wildman–Crippen MR) is 66.6 cm³/mol. The average Bonchev–Trinajstić information content (AvgIpc) is 2.30. The fourth-order valence-electron chi connectivity index (χ4n) is 1.49. The number of hydrogen-bond donors (Lipinski definition) is 0. The lowest BCUT2D eigenvalue weighted by molar-refractivity contribution is -0.384. The van der Waals surface area contributed by atoms with Gasteiger partial charge >= 0.3 is 0 Å². The normalized spacial score (nSPS) is 14.2. The molecule has 6 heteroatoms. The molecule has 0 fully saturated rings. The molecule has 1 rings (SSSR count). The monoisotopic (exact) mass is 257 g/mol. The molecule has 0 heterocycles. The van der Waals surface area contributed by atoms with E-state index in [1.165, 1.54) is 12.1 Å². The highest BCUT2D eigenvalue weighted by molar-refractivity contribution is 7.58. The molecule has 0 radical (unpaired) electrons. The van der Waals surface area contributed by atoms with Gasteiger partial charge in [-0.05, 0) is 12.5 Å². The summed E-state index contributed by atoms with van der Waals surface area (Å²) in [5, 5.41) is 10.5. The summed E-state index contributed by atoms with van der Waals surface area (Å²) in [6.07, 6.45) is 0.799. The quantitative estimate of drug-likeness (QED) is 0.444. The molecule has 5 nitrogen and oxygen atoms in total. The summed E-state index contributed by atoms with van der Waals surface area (Å²) in [5.74, 6) is 0. The first-order valence-electron chi connectivity index (χ1n) is 5.46. The van der Waals surface area contributed by atoms with Crippen LogP contribution in [0.2, 0.25) is 0 Å². The molecule has 0 N–H and O–H groups in total. The molecule has 1 aromatic rings. The van der Waals surface area contributed by atoms with Crippen molar-refractivity contribution in [3.05, 3.63) is 39.9 Å². The molecule has 1 atom stereocenters. The van der Waals surface area contributed by atoms with Crippen LogP contribution in [0.15, 0.2) is 24.3 Å². The van der Waals surface area contributed by atoms with Gasteiger partial charge in [0.1, 0.15) is 0 Å². The zero-order valence-corrected chi connectivity index (χ0v) is 10.9. The first-order chi connectivity index (χ1) is 8.00. The molecule has 17 heavy (non-hydrogen) atoms. The van der Waals surface area contributed by atoms with Crippen LogP contribution in [0.3, 0.4) is 0 Å². The SMILES string of the molecule is CCO[P@](=O)(CC)Cc1ccc([N+](=O)[O-])cc1. The van der Waals surface area contributed by atoms with Crippen LogP contribution in [0.5, 0.6) is 0 Å². The molecule has 0 unspecified atom stereocenters. The third kappa shape index (κ3) is 3.95. The Hall–Kier alpha value is -1.19. The minimum atomic E-state index is -2.63. The molecule has 0 saturated heterocycles. The molecule has 0 saturated carbocycles. The molecular weight excluding hydrogens is 241 g/mol. The van der Waals surface area contributed by atoms with Gasteiger partial charge in [-0.3, -0.25) is 14.7 Å². The van der Waals surface area contributed by atoms with E-state index in [2.05, 4.69) is 0 Å². The van der Waals surface area contributed by atoms with E-state index in [4.69, 9.17) is 4.52 Å². The Bertz CT molecular complexity index is 430. The summed E-state index contributed by atoms with van der Waals surface area (Å²) in [6.45, 7) is 4.04. The lowest BCUT2D eigenvalue weighted by atomic mass is 10.2. The molecule has 1 aromatic carbocycles. The van der Waals surface area contributed by atoms with Crippen molar-refractivity contribution in [3.63, 3.8) is 0 Å². The van der Waals surface area contributed by atoms with Crippen LogP contribution < -0.4 is 0 Å². The van der Waals surface area contributed by atoms with Crippen molar-refractivity contribution in [2.45, 2.75) is 20.0 Å². The largest absolute Gasteiger partial charge is 0.329 e. The Kier molecular flexibility index (Phi) is 4.85. The predicted octanol–water partition coefficient (Wildman–Crippen LogP) is 3.43. The van der Waals surface area contributed by atoms with Gasteiger partial charge in [-0.15, -0.1) is 0 Å². The Labute approximate surface area is 100 Å². The second kappa shape index (κ2) is 5.94. The fourth-order valence-corrected chi connectivity index (χ4v) is 3.22. The van der Waals surface area contributed by atoms with Crippen LogP contribution in [0.1, 0.15) is 19.4 Å². The minimum absolute atomic E-state index is 0.0384. The number of rotatable bonds is 6. The fraction of sp³-hybridized carbons (Fsp3) is 0.455. The van der Waals surface area contributed by atoms with Crippen molar-refractivity contribution in [1.82, 2.24) is 0 Å². The molecule has 0 aliphatic heterocycles. The summed E-state index contributed by atoms with van der Waals surface area (Å²) in [7, 11) is -2.63. The van der Waals surface area contributed by atoms with E-state index >= 15 is 0 Å². The number of nitro benzene ring substituents is 1. The van der Waals surface area contributed by atoms with Crippen molar-refractivity contribution in [1.29, 1.82) is 0 Å². The maximum atomic E-state index is 12.2. The first kappa shape index (κ1) is 13.9. The zero-order valence-electron chi connectivity index (χ0n) is 9.96. The number of nitro groups is 1. The maximum Gasteiger partial charge on any atom is 0.269 e. The molecule has 0 aliphatic rings. The number of benzene rings is 1. The summed E-state index contributed by atoms with van der Waals surface area (Å²) < 4.78 is 17.5. The van der Waals surface area contributed by atoms with Gasteiger partial charge in [0.25, 0.3) is 5.69 Å². The first-order valence-corrected chi connectivity index (χ1v) is 7.46. The minimum Gasteiger partial charge on any atom is -0.329 e. The zero-order chi connectivity index (χ0) is 12.9. The second-order valence-electron chi connectivity index (χ2n) is 3.63. The van der Waals surface area contributed by atoms with Gasteiger partial charge in [-0.1, -0.05) is 19.1 Å². The standard InChI is InChI=1S/C11H16NO4P/c1-3-16-17(15,4-2)9-10-5-7-11(8-6-10)12(13)14/h5-8H,3-4,9H2,1-2H3/t17-/m1/s1. The molecule has 0 spiro atoms. The van der Waals surface area contributed by atoms with Crippen molar-refractivity contribution in [2.75, 3.05) is 12.8 Å². The second-order valence-corrected chi connectivity index (χ2v) is 6.47. The van der Waals surface area contributed by atoms with Crippen molar-refractivity contribution >= 4 is 13.1 Å². The van der Waals surface area contributed by atoms with E-state index < -0.39 is 12.3 Å². The van der Waals surface area contributed by atoms with Crippen LogP contribution in [0.25, 0.3) is 0 Å². The van der Waals surface area contributed by atoms with E-state index in [-0.39, 0.29) is 5.69 Å². The van der Waals surface area contributed by atoms with E-state index in [9.17, 15) is 14.7 Å². The van der Waals surface area contributed by atoms with E-state index in [0.29, 0.717) is 18.9 Å². The summed E-state index contributed by atoms with van der Waals surface area (Å²) in [5.41, 5.74) is 0.839. The molecule has 0 aromatic heterocycles. The topological polar surface area (TPSA) is 69.4 Å². The number of hydrogen-bond acceptors (Lipinski definition) is 4. The molecule has 0 amide bonds. The molecular formula is C11H16NO4P. The third-order valence-corrected chi connectivity index (χ3v) is 4.96. The summed E-state index contributed by atoms with van der Waals surface area (Å²) >= 11 is 0. The maximum absolute atomic E-state index is 12.2. The van der Waals surface area contributed by atoms with Crippen LogP contribution in [-0.2, 0) is 15.3 Å². The Morgan fingerprint density at radius 2 is 1.88 bits per heavy atom. The third-order valence-electron chi connectivity index (χ3n) is 2.42. The van der Waals surface area contributed by atoms with Crippen molar-refractivity contribution in [3.8, 4) is 0 Å². The van der Waals surface area contributed by atoms with Gasteiger partial charge in [0.2, 0.25) is 7.37 Å². The molecule has 0 aliphatic carbocycles. The summed E-state index contributed by atoms with van der Waals surface area (Å²) in [4.78, 5) is 10.0. The van der Waals surface area contributed by atoms with Crippen LogP contribution in [0, 0.1) is 10.1 Å². The van der Waals surface area contributed by atoms with Crippen molar-refractivity contribution < 1.29 is 14.0 Å². The molecule has 0 bridgehead atoms. The highest BCUT2D eigenvalue weighted by atomic mass is 31.2. The van der Waals surface area contributed by atoms with Crippen LogP contribution >= 0.6 is 7.37 Å². The van der Waals surface area contributed by atoms with Gasteiger partial charge in [0, 0.05) is 24.5 Å². The van der Waals surface area contributed by atoms with Gasteiger partial charge in [0.15, 0.2) is 0 Å². The smallest absolute Gasteiger partial charge is 0.269 e. The average molecular weight is 257 g/mol. The molecule has 94 valence electrons.